The number of para-hydroxylation sites is 1. The lowest BCUT2D eigenvalue weighted by atomic mass is 10.1. The zero-order valence-corrected chi connectivity index (χ0v) is 21.5. The SMILES string of the molecule is CCCCNC(=O)[C@@H](C)N(Cc1ccccc1C)C(=O)CCCN(c1ccccc1)S(C)(=O)=O. The molecule has 0 aliphatic heterocycles. The van der Waals surface area contributed by atoms with E-state index >= 15 is 0 Å². The van der Waals surface area contributed by atoms with Gasteiger partial charge in [0.15, 0.2) is 0 Å². The van der Waals surface area contributed by atoms with E-state index in [-0.39, 0.29) is 24.8 Å². The molecule has 2 amide bonds. The molecule has 0 bridgehead atoms. The van der Waals surface area contributed by atoms with E-state index in [1.54, 1.807) is 36.1 Å². The maximum atomic E-state index is 13.3. The molecule has 0 heterocycles. The summed E-state index contributed by atoms with van der Waals surface area (Å²) >= 11 is 0. The smallest absolute Gasteiger partial charge is 0.242 e. The third kappa shape index (κ3) is 8.17. The topological polar surface area (TPSA) is 86.8 Å². The summed E-state index contributed by atoms with van der Waals surface area (Å²) in [5.41, 5.74) is 2.59. The molecule has 0 radical (unpaired) electrons. The number of nitrogens with one attached hydrogen (secondary N) is 1. The average Bonchev–Trinajstić information content (AvgIpc) is 2.80. The molecule has 2 rings (SSSR count). The van der Waals surface area contributed by atoms with Crippen molar-refractivity contribution < 1.29 is 18.0 Å². The van der Waals surface area contributed by atoms with Gasteiger partial charge in [0, 0.05) is 26.1 Å². The minimum Gasteiger partial charge on any atom is -0.354 e. The van der Waals surface area contributed by atoms with Gasteiger partial charge in [0.25, 0.3) is 0 Å². The maximum absolute atomic E-state index is 13.3. The number of hydrogen-bond donors (Lipinski definition) is 1. The van der Waals surface area contributed by atoms with Crippen LogP contribution in [0, 0.1) is 6.92 Å². The van der Waals surface area contributed by atoms with Crippen LogP contribution in [0.4, 0.5) is 5.69 Å². The lowest BCUT2D eigenvalue weighted by Crippen LogP contribution is -2.48. The zero-order chi connectivity index (χ0) is 25.1. The molecule has 0 spiro atoms. The van der Waals surface area contributed by atoms with E-state index in [1.165, 1.54) is 4.31 Å². The van der Waals surface area contributed by atoms with Crippen molar-refractivity contribution in [1.29, 1.82) is 0 Å². The number of carbonyl (C=O) groups excluding carboxylic acids is 2. The Labute approximate surface area is 204 Å². The molecule has 0 saturated carbocycles. The highest BCUT2D eigenvalue weighted by Gasteiger charge is 2.26. The van der Waals surface area contributed by atoms with Crippen LogP contribution in [-0.4, -0.2) is 50.5 Å². The highest BCUT2D eigenvalue weighted by Crippen LogP contribution is 2.19. The molecule has 0 saturated heterocycles. The highest BCUT2D eigenvalue weighted by atomic mass is 32.2. The third-order valence-corrected chi connectivity index (χ3v) is 6.99. The second kappa shape index (κ2) is 13.1. The minimum absolute atomic E-state index is 0.136. The third-order valence-electron chi connectivity index (χ3n) is 5.80. The van der Waals surface area contributed by atoms with Crippen molar-refractivity contribution >= 4 is 27.5 Å². The molecular formula is C26H37N3O4S. The van der Waals surface area contributed by atoms with E-state index in [0.29, 0.717) is 25.2 Å². The lowest BCUT2D eigenvalue weighted by Gasteiger charge is -2.30. The summed E-state index contributed by atoms with van der Waals surface area (Å²) < 4.78 is 26.0. The van der Waals surface area contributed by atoms with Crippen LogP contribution in [0.5, 0.6) is 0 Å². The second-order valence-corrected chi connectivity index (χ2v) is 10.4. The largest absolute Gasteiger partial charge is 0.354 e. The number of hydrogen-bond acceptors (Lipinski definition) is 4. The van der Waals surface area contributed by atoms with E-state index in [2.05, 4.69) is 12.2 Å². The van der Waals surface area contributed by atoms with Gasteiger partial charge >= 0.3 is 0 Å². The molecule has 0 aromatic heterocycles. The number of amides is 2. The molecular weight excluding hydrogens is 450 g/mol. The molecule has 7 nitrogen and oxygen atoms in total. The van der Waals surface area contributed by atoms with Crippen molar-refractivity contribution in [3.63, 3.8) is 0 Å². The van der Waals surface area contributed by atoms with E-state index in [1.807, 2.05) is 37.3 Å². The van der Waals surface area contributed by atoms with Crippen LogP contribution in [0.3, 0.4) is 0 Å². The molecule has 1 atom stereocenters. The predicted molar refractivity (Wildman–Crippen MR) is 137 cm³/mol. The summed E-state index contributed by atoms with van der Waals surface area (Å²) in [4.78, 5) is 27.6. The van der Waals surface area contributed by atoms with E-state index in [9.17, 15) is 18.0 Å². The lowest BCUT2D eigenvalue weighted by molar-refractivity contribution is -0.140. The first kappa shape index (κ1) is 27.4. The van der Waals surface area contributed by atoms with Gasteiger partial charge in [0.2, 0.25) is 21.8 Å². The Morgan fingerprint density at radius 2 is 1.65 bits per heavy atom. The Kier molecular flexibility index (Phi) is 10.6. The fourth-order valence-corrected chi connectivity index (χ4v) is 4.65. The molecule has 2 aromatic rings. The Morgan fingerprint density at radius 1 is 1.00 bits per heavy atom. The first-order valence-corrected chi connectivity index (χ1v) is 13.6. The molecule has 1 N–H and O–H groups in total. The molecule has 0 aliphatic rings. The van der Waals surface area contributed by atoms with Gasteiger partial charge in [-0.15, -0.1) is 0 Å². The molecule has 0 aliphatic carbocycles. The molecule has 0 fully saturated rings. The maximum Gasteiger partial charge on any atom is 0.242 e. The van der Waals surface area contributed by atoms with Gasteiger partial charge in [-0.25, -0.2) is 8.42 Å². The number of carbonyl (C=O) groups is 2. The van der Waals surface area contributed by atoms with Gasteiger partial charge in [0.05, 0.1) is 11.9 Å². The van der Waals surface area contributed by atoms with Crippen molar-refractivity contribution in [2.45, 2.75) is 59.0 Å². The van der Waals surface area contributed by atoms with Crippen LogP contribution >= 0.6 is 0 Å². The number of aryl methyl sites for hydroxylation is 1. The normalized spacial score (nSPS) is 12.1. The number of nitrogens with zero attached hydrogens (tertiary/aromatic N) is 2. The summed E-state index contributed by atoms with van der Waals surface area (Å²) in [6.45, 7) is 6.86. The Morgan fingerprint density at radius 3 is 2.26 bits per heavy atom. The van der Waals surface area contributed by atoms with Crippen LogP contribution in [0.1, 0.15) is 50.7 Å². The number of unbranched alkanes of at least 4 members (excludes halogenated alkanes) is 1. The monoisotopic (exact) mass is 487 g/mol. The van der Waals surface area contributed by atoms with Gasteiger partial charge in [-0.05, 0) is 49.9 Å². The Bertz CT molecular complexity index is 1040. The summed E-state index contributed by atoms with van der Waals surface area (Å²) in [5.74, 6) is -0.361. The van der Waals surface area contributed by atoms with Crippen molar-refractivity contribution in [3.8, 4) is 0 Å². The van der Waals surface area contributed by atoms with Crippen molar-refractivity contribution in [2.75, 3.05) is 23.7 Å². The van der Waals surface area contributed by atoms with Crippen molar-refractivity contribution in [2.24, 2.45) is 0 Å². The van der Waals surface area contributed by atoms with E-state index in [0.717, 1.165) is 30.2 Å². The van der Waals surface area contributed by atoms with Crippen molar-refractivity contribution in [3.05, 3.63) is 65.7 Å². The summed E-state index contributed by atoms with van der Waals surface area (Å²) in [6.07, 6.45) is 3.49. The van der Waals surface area contributed by atoms with Gasteiger partial charge in [-0.2, -0.15) is 0 Å². The van der Waals surface area contributed by atoms with Crippen molar-refractivity contribution in [1.82, 2.24) is 10.2 Å². The van der Waals surface area contributed by atoms with E-state index in [4.69, 9.17) is 0 Å². The molecule has 0 unspecified atom stereocenters. The van der Waals surface area contributed by atoms with Gasteiger partial charge < -0.3 is 10.2 Å². The first-order valence-electron chi connectivity index (χ1n) is 11.8. The standard InChI is InChI=1S/C26H37N3O4S/c1-5-6-18-27-26(31)22(3)28(20-23-14-11-10-13-21(23)2)25(30)17-12-19-29(34(4,32)33)24-15-8-7-9-16-24/h7-11,13-16,22H,5-6,12,17-20H2,1-4H3,(H,27,31)/t22-/m1/s1. The van der Waals surface area contributed by atoms with Crippen LogP contribution < -0.4 is 9.62 Å². The fourth-order valence-electron chi connectivity index (χ4n) is 3.69. The second-order valence-electron chi connectivity index (χ2n) is 8.54. The van der Waals surface area contributed by atoms with Crippen LogP contribution in [0.25, 0.3) is 0 Å². The quantitative estimate of drug-likeness (QED) is 0.435. The molecule has 2 aromatic carbocycles. The summed E-state index contributed by atoms with van der Waals surface area (Å²) in [5, 5.41) is 2.91. The van der Waals surface area contributed by atoms with E-state index < -0.39 is 16.1 Å². The molecule has 34 heavy (non-hydrogen) atoms. The van der Waals surface area contributed by atoms with Gasteiger partial charge in [0.1, 0.15) is 6.04 Å². The van der Waals surface area contributed by atoms with Crippen LogP contribution in [0.15, 0.2) is 54.6 Å². The zero-order valence-electron chi connectivity index (χ0n) is 20.7. The Hall–Kier alpha value is -2.87. The van der Waals surface area contributed by atoms with Gasteiger partial charge in [-0.1, -0.05) is 55.8 Å². The summed E-state index contributed by atoms with van der Waals surface area (Å²) in [7, 11) is -3.49. The van der Waals surface area contributed by atoms with Crippen LogP contribution in [-0.2, 0) is 26.2 Å². The molecule has 8 heteroatoms. The van der Waals surface area contributed by atoms with Gasteiger partial charge in [-0.3, -0.25) is 13.9 Å². The molecule has 186 valence electrons. The predicted octanol–water partition coefficient (Wildman–Crippen LogP) is 3.87. The summed E-state index contributed by atoms with van der Waals surface area (Å²) in [6, 6.07) is 16.0. The fraction of sp³-hybridized carbons (Fsp3) is 0.462. The number of rotatable bonds is 13. The first-order chi connectivity index (χ1) is 16.1. The minimum atomic E-state index is -3.49. The van der Waals surface area contributed by atoms with Crippen LogP contribution in [0.2, 0.25) is 0 Å². The number of sulfonamides is 1. The average molecular weight is 488 g/mol. The Balaban J connectivity index is 2.13. The number of benzene rings is 2. The highest BCUT2D eigenvalue weighted by molar-refractivity contribution is 7.92. The number of anilines is 1.